The summed E-state index contributed by atoms with van der Waals surface area (Å²) in [4.78, 5) is 21.7. The van der Waals surface area contributed by atoms with Crippen LogP contribution in [0.5, 0.6) is 0 Å². The third kappa shape index (κ3) is 1.43. The van der Waals surface area contributed by atoms with E-state index in [4.69, 9.17) is 9.47 Å². The molecule has 4 nitrogen and oxygen atoms in total. The zero-order valence-corrected chi connectivity index (χ0v) is 7.23. The zero-order chi connectivity index (χ0) is 9.42. The molecule has 0 saturated carbocycles. The molecule has 1 saturated heterocycles. The van der Waals surface area contributed by atoms with Gasteiger partial charge in [0.2, 0.25) is 0 Å². The number of carbonyl (C=O) groups is 2. The van der Waals surface area contributed by atoms with Crippen LogP contribution in [-0.2, 0) is 19.1 Å². The van der Waals surface area contributed by atoms with Gasteiger partial charge < -0.3 is 9.47 Å². The molecule has 2 bridgehead atoms. The van der Waals surface area contributed by atoms with Crippen LogP contribution in [0.25, 0.3) is 0 Å². The van der Waals surface area contributed by atoms with Gasteiger partial charge in [-0.3, -0.25) is 9.59 Å². The number of hydrogen-bond donors (Lipinski definition) is 0. The molecular formula is C9H10O4. The predicted octanol–water partition coefficient (Wildman–Crippen LogP) is 0.420. The van der Waals surface area contributed by atoms with Crippen LogP contribution in [0.1, 0.15) is 13.3 Å². The number of fused-ring (bicyclic) bond motifs is 2. The number of ether oxygens (including phenoxy) is 2. The quantitative estimate of drug-likeness (QED) is 0.435. The largest absolute Gasteiger partial charge is 0.458 e. The summed E-state index contributed by atoms with van der Waals surface area (Å²) in [5.41, 5.74) is 0. The Morgan fingerprint density at radius 1 is 1.62 bits per heavy atom. The van der Waals surface area contributed by atoms with Gasteiger partial charge in [-0.15, -0.1) is 0 Å². The molecule has 0 aromatic rings. The Bertz CT molecular complexity index is 281. The molecule has 1 aliphatic heterocycles. The average Bonchev–Trinajstić information content (AvgIpc) is 2.34. The van der Waals surface area contributed by atoms with Crippen molar-refractivity contribution in [2.45, 2.75) is 25.6 Å². The van der Waals surface area contributed by atoms with Gasteiger partial charge in [0, 0.05) is 13.3 Å². The van der Waals surface area contributed by atoms with Crippen molar-refractivity contribution in [1.82, 2.24) is 0 Å². The molecule has 4 heteroatoms. The van der Waals surface area contributed by atoms with E-state index in [0.29, 0.717) is 6.42 Å². The molecule has 0 amide bonds. The Morgan fingerprint density at radius 3 is 3.08 bits per heavy atom. The van der Waals surface area contributed by atoms with Crippen molar-refractivity contribution in [1.29, 1.82) is 0 Å². The Hall–Kier alpha value is -1.32. The third-order valence-electron chi connectivity index (χ3n) is 2.26. The minimum Gasteiger partial charge on any atom is -0.458 e. The third-order valence-corrected chi connectivity index (χ3v) is 2.26. The summed E-state index contributed by atoms with van der Waals surface area (Å²) in [6.45, 7) is 1.34. The molecule has 70 valence electrons. The Morgan fingerprint density at radius 2 is 2.38 bits per heavy atom. The highest BCUT2D eigenvalue weighted by molar-refractivity contribution is 5.77. The molecule has 13 heavy (non-hydrogen) atoms. The zero-order valence-electron chi connectivity index (χ0n) is 7.23. The first-order chi connectivity index (χ1) is 6.16. The van der Waals surface area contributed by atoms with E-state index in [1.54, 1.807) is 12.2 Å². The van der Waals surface area contributed by atoms with Crippen molar-refractivity contribution in [3.63, 3.8) is 0 Å². The van der Waals surface area contributed by atoms with Gasteiger partial charge in [-0.2, -0.15) is 0 Å². The topological polar surface area (TPSA) is 52.6 Å². The van der Waals surface area contributed by atoms with Crippen molar-refractivity contribution in [2.24, 2.45) is 5.92 Å². The lowest BCUT2D eigenvalue weighted by atomic mass is 9.95. The first-order valence-corrected chi connectivity index (χ1v) is 4.23. The lowest BCUT2D eigenvalue weighted by Gasteiger charge is -2.20. The molecular weight excluding hydrogens is 172 g/mol. The van der Waals surface area contributed by atoms with E-state index >= 15 is 0 Å². The molecule has 0 unspecified atom stereocenters. The maximum atomic E-state index is 11.1. The van der Waals surface area contributed by atoms with Crippen LogP contribution in [0.3, 0.4) is 0 Å². The highest BCUT2D eigenvalue weighted by Crippen LogP contribution is 2.30. The Labute approximate surface area is 75.5 Å². The molecule has 0 N–H and O–H groups in total. The molecule has 1 fully saturated rings. The number of carbonyl (C=O) groups excluding carboxylic acids is 2. The molecule has 0 radical (unpaired) electrons. The van der Waals surface area contributed by atoms with Crippen molar-refractivity contribution in [3.05, 3.63) is 12.2 Å². The minimum absolute atomic E-state index is 0.128. The molecule has 0 aromatic carbocycles. The van der Waals surface area contributed by atoms with Crippen LogP contribution in [0.4, 0.5) is 0 Å². The summed E-state index contributed by atoms with van der Waals surface area (Å²) in [7, 11) is 0. The van der Waals surface area contributed by atoms with Crippen molar-refractivity contribution in [2.75, 3.05) is 0 Å². The second-order valence-electron chi connectivity index (χ2n) is 3.28. The second-order valence-corrected chi connectivity index (χ2v) is 3.28. The molecule has 2 aliphatic rings. The molecule has 1 heterocycles. The van der Waals surface area contributed by atoms with Gasteiger partial charge >= 0.3 is 11.9 Å². The molecule has 0 spiro atoms. The fourth-order valence-electron chi connectivity index (χ4n) is 1.66. The van der Waals surface area contributed by atoms with Gasteiger partial charge in [0.1, 0.15) is 6.10 Å². The van der Waals surface area contributed by atoms with Crippen LogP contribution in [0.15, 0.2) is 12.2 Å². The van der Waals surface area contributed by atoms with E-state index in [2.05, 4.69) is 0 Å². The highest BCUT2D eigenvalue weighted by atomic mass is 16.6. The number of esters is 2. The molecule has 1 aliphatic carbocycles. The maximum Gasteiger partial charge on any atom is 0.313 e. The van der Waals surface area contributed by atoms with Crippen LogP contribution in [0, 0.1) is 5.92 Å². The number of hydrogen-bond acceptors (Lipinski definition) is 4. The maximum absolute atomic E-state index is 11.1. The lowest BCUT2D eigenvalue weighted by molar-refractivity contribution is -0.156. The Kier molecular flexibility index (Phi) is 1.83. The normalized spacial score (nSPS) is 35.8. The summed E-state index contributed by atoms with van der Waals surface area (Å²) in [5, 5.41) is 0. The summed E-state index contributed by atoms with van der Waals surface area (Å²) >= 11 is 0. The monoisotopic (exact) mass is 182 g/mol. The van der Waals surface area contributed by atoms with Gasteiger partial charge in [0.15, 0.2) is 6.10 Å². The lowest BCUT2D eigenvalue weighted by Crippen LogP contribution is -2.30. The van der Waals surface area contributed by atoms with Gasteiger partial charge in [0.05, 0.1) is 5.92 Å². The standard InChI is InChI=1S/C9H10O4/c1-5(10)12-7-3-2-6-4-8(7)13-9(6)11/h2-3,6-8H,4H2,1H3/t6-,7-,8-/m1/s1. The van der Waals surface area contributed by atoms with Gasteiger partial charge in [-0.1, -0.05) is 6.08 Å². The van der Waals surface area contributed by atoms with E-state index in [1.807, 2.05) is 0 Å². The van der Waals surface area contributed by atoms with Gasteiger partial charge in [-0.25, -0.2) is 0 Å². The van der Waals surface area contributed by atoms with Gasteiger partial charge in [-0.05, 0) is 6.08 Å². The van der Waals surface area contributed by atoms with E-state index in [-0.39, 0.29) is 30.1 Å². The van der Waals surface area contributed by atoms with Crippen molar-refractivity contribution >= 4 is 11.9 Å². The summed E-state index contributed by atoms with van der Waals surface area (Å²) in [5.74, 6) is -0.691. The highest BCUT2D eigenvalue weighted by Gasteiger charge is 2.41. The average molecular weight is 182 g/mol. The van der Waals surface area contributed by atoms with E-state index in [0.717, 1.165) is 0 Å². The summed E-state index contributed by atoms with van der Waals surface area (Å²) < 4.78 is 9.99. The van der Waals surface area contributed by atoms with Crippen LogP contribution in [0.2, 0.25) is 0 Å². The molecule has 0 aromatic heterocycles. The van der Waals surface area contributed by atoms with Crippen LogP contribution < -0.4 is 0 Å². The summed E-state index contributed by atoms with van der Waals surface area (Å²) in [6, 6.07) is 0. The summed E-state index contributed by atoms with van der Waals surface area (Å²) in [6.07, 6.45) is 3.45. The van der Waals surface area contributed by atoms with Crippen molar-refractivity contribution in [3.8, 4) is 0 Å². The van der Waals surface area contributed by atoms with Crippen molar-refractivity contribution < 1.29 is 19.1 Å². The minimum atomic E-state index is -0.389. The second kappa shape index (κ2) is 2.87. The van der Waals surface area contributed by atoms with Gasteiger partial charge in [0.25, 0.3) is 0 Å². The van der Waals surface area contributed by atoms with E-state index < -0.39 is 0 Å². The first kappa shape index (κ1) is 8.29. The fourth-order valence-corrected chi connectivity index (χ4v) is 1.66. The smallest absolute Gasteiger partial charge is 0.313 e. The van der Waals surface area contributed by atoms with E-state index in [9.17, 15) is 9.59 Å². The SMILES string of the molecule is CC(=O)O[C@@H]1C=C[C@@H]2C[C@H]1OC2=O. The Balaban J connectivity index is 2.09. The van der Waals surface area contributed by atoms with E-state index in [1.165, 1.54) is 6.92 Å². The van der Waals surface area contributed by atoms with Crippen LogP contribution >= 0.6 is 0 Å². The van der Waals surface area contributed by atoms with Crippen LogP contribution in [-0.4, -0.2) is 24.1 Å². The number of rotatable bonds is 1. The molecule has 2 rings (SSSR count). The first-order valence-electron chi connectivity index (χ1n) is 4.23. The predicted molar refractivity (Wildman–Crippen MR) is 42.7 cm³/mol. The fraction of sp³-hybridized carbons (Fsp3) is 0.556. The molecule has 3 atom stereocenters.